The molecule has 1 aliphatic heterocycles. The monoisotopic (exact) mass is 548 g/mol. The van der Waals surface area contributed by atoms with Crippen LogP contribution in [0.4, 0.5) is 0 Å². The molecule has 1 spiro atoms. The fourth-order valence-electron chi connectivity index (χ4n) is 7.75. The van der Waals surface area contributed by atoms with E-state index in [2.05, 4.69) is 144 Å². The average Bonchev–Trinajstić information content (AvgIpc) is 3.54. The lowest BCUT2D eigenvalue weighted by Crippen LogP contribution is -2.32. The Labute approximate surface area is 248 Å². The summed E-state index contributed by atoms with van der Waals surface area (Å²) in [5, 5.41) is 4.76. The summed E-state index contributed by atoms with van der Waals surface area (Å²) < 4.78 is 8.89. The van der Waals surface area contributed by atoms with Crippen LogP contribution in [-0.4, -0.2) is 9.55 Å². The summed E-state index contributed by atoms with van der Waals surface area (Å²) in [6.45, 7) is 0. The van der Waals surface area contributed by atoms with Crippen LogP contribution in [0.3, 0.4) is 0 Å². The summed E-state index contributed by atoms with van der Waals surface area (Å²) in [5.41, 5.74) is 9.24. The van der Waals surface area contributed by atoms with Gasteiger partial charge in [-0.15, -0.1) is 0 Å². The topological polar surface area (TPSA) is 27.1 Å². The lowest BCUT2D eigenvalue weighted by atomic mass is 9.66. The number of nitrogens with zero attached hydrogens (tertiary/aromatic N) is 2. The average molecular weight is 549 g/mol. The molecule has 0 unspecified atom stereocenters. The Bertz CT molecular complexity index is 2410. The van der Waals surface area contributed by atoms with Crippen molar-refractivity contribution < 1.29 is 4.74 Å². The van der Waals surface area contributed by atoms with Crippen LogP contribution >= 0.6 is 0 Å². The molecule has 8 aromatic rings. The maximum atomic E-state index is 6.55. The Hall–Kier alpha value is -5.67. The molecule has 0 amide bonds. The molecule has 3 heterocycles. The minimum absolute atomic E-state index is 0.510. The number of para-hydroxylation sites is 3. The quantitative estimate of drug-likeness (QED) is 0.204. The highest BCUT2D eigenvalue weighted by atomic mass is 16.5. The van der Waals surface area contributed by atoms with Crippen LogP contribution in [0.2, 0.25) is 0 Å². The lowest BCUT2D eigenvalue weighted by Gasteiger charge is -2.39. The Morgan fingerprint density at radius 3 is 1.95 bits per heavy atom. The lowest BCUT2D eigenvalue weighted by molar-refractivity contribution is 0.436. The van der Waals surface area contributed by atoms with Gasteiger partial charge in [-0.05, 0) is 64.0 Å². The smallest absolute Gasteiger partial charge is 0.138 e. The standard InChI is InChI=1S/C40H24N2O/c1-2-12-26-24-41-39(21-25(26)11-1)42-35-18-8-4-14-28(35)30-22-29-27-13-3-5-15-31(27)40(34(29)23-36(30)42)32-16-6-9-19-37(32)43-38-20-10-7-17-33(38)40/h1-24H. The third kappa shape index (κ3) is 2.86. The van der Waals surface area contributed by atoms with Crippen molar-refractivity contribution in [2.45, 2.75) is 5.41 Å². The van der Waals surface area contributed by atoms with Crippen molar-refractivity contribution in [2.24, 2.45) is 0 Å². The minimum Gasteiger partial charge on any atom is -0.457 e. The van der Waals surface area contributed by atoms with E-state index < -0.39 is 5.41 Å². The predicted octanol–water partition coefficient (Wildman–Crippen LogP) is 9.80. The minimum atomic E-state index is -0.510. The molecule has 0 radical (unpaired) electrons. The molecule has 0 bridgehead atoms. The van der Waals surface area contributed by atoms with E-state index in [-0.39, 0.29) is 0 Å². The zero-order valence-corrected chi connectivity index (χ0v) is 23.2. The van der Waals surface area contributed by atoms with Crippen LogP contribution in [0.5, 0.6) is 11.5 Å². The van der Waals surface area contributed by atoms with Gasteiger partial charge in [0.2, 0.25) is 0 Å². The molecule has 2 aliphatic rings. The van der Waals surface area contributed by atoms with Crippen molar-refractivity contribution in [1.29, 1.82) is 0 Å². The number of hydrogen-bond donors (Lipinski definition) is 0. The van der Waals surface area contributed by atoms with Gasteiger partial charge < -0.3 is 4.74 Å². The normalized spacial score (nSPS) is 14.0. The first kappa shape index (κ1) is 23.0. The highest BCUT2D eigenvalue weighted by Gasteiger charge is 2.51. The summed E-state index contributed by atoms with van der Waals surface area (Å²) in [7, 11) is 0. The zero-order chi connectivity index (χ0) is 28.1. The molecule has 10 rings (SSSR count). The maximum absolute atomic E-state index is 6.55. The SMILES string of the molecule is c1ccc2c(c1)Oc1ccccc1C21c2ccccc2-c2cc3c4ccccc4n(-c4cc5ccccc5cn4)c3cc21. The number of aromatic nitrogens is 2. The van der Waals surface area contributed by atoms with Gasteiger partial charge in [0, 0.05) is 33.5 Å². The Morgan fingerprint density at radius 1 is 0.488 bits per heavy atom. The summed E-state index contributed by atoms with van der Waals surface area (Å²) >= 11 is 0. The van der Waals surface area contributed by atoms with Gasteiger partial charge in [-0.2, -0.15) is 0 Å². The van der Waals surface area contributed by atoms with E-state index in [1.165, 1.54) is 49.5 Å². The molecule has 0 atom stereocenters. The van der Waals surface area contributed by atoms with Crippen LogP contribution in [-0.2, 0) is 5.41 Å². The summed E-state index contributed by atoms with van der Waals surface area (Å²) in [6, 6.07) is 50.1. The van der Waals surface area contributed by atoms with Gasteiger partial charge in [-0.25, -0.2) is 4.98 Å². The largest absolute Gasteiger partial charge is 0.457 e. The van der Waals surface area contributed by atoms with Crippen molar-refractivity contribution in [3.05, 3.63) is 168 Å². The van der Waals surface area contributed by atoms with E-state index in [0.717, 1.165) is 33.7 Å². The molecule has 6 aromatic carbocycles. The molecule has 3 heteroatoms. The molecule has 2 aromatic heterocycles. The number of benzene rings is 6. The van der Waals surface area contributed by atoms with Gasteiger partial charge in [0.1, 0.15) is 17.3 Å². The molecule has 43 heavy (non-hydrogen) atoms. The second-order valence-corrected chi connectivity index (χ2v) is 11.5. The molecular weight excluding hydrogens is 524 g/mol. The van der Waals surface area contributed by atoms with Gasteiger partial charge >= 0.3 is 0 Å². The van der Waals surface area contributed by atoms with Crippen LogP contribution in [0, 0.1) is 0 Å². The zero-order valence-electron chi connectivity index (χ0n) is 23.2. The second kappa shape index (κ2) is 8.21. The van der Waals surface area contributed by atoms with Gasteiger partial charge in [0.05, 0.1) is 16.4 Å². The maximum Gasteiger partial charge on any atom is 0.138 e. The van der Waals surface area contributed by atoms with E-state index in [1.807, 2.05) is 6.20 Å². The number of rotatable bonds is 1. The number of hydrogen-bond acceptors (Lipinski definition) is 2. The predicted molar refractivity (Wildman–Crippen MR) is 173 cm³/mol. The van der Waals surface area contributed by atoms with E-state index in [9.17, 15) is 0 Å². The summed E-state index contributed by atoms with van der Waals surface area (Å²) in [6.07, 6.45) is 1.99. The first-order valence-corrected chi connectivity index (χ1v) is 14.7. The molecule has 3 nitrogen and oxygen atoms in total. The van der Waals surface area contributed by atoms with Crippen LogP contribution < -0.4 is 4.74 Å². The van der Waals surface area contributed by atoms with Gasteiger partial charge in [-0.3, -0.25) is 4.57 Å². The highest BCUT2D eigenvalue weighted by Crippen LogP contribution is 2.62. The van der Waals surface area contributed by atoms with Crippen molar-refractivity contribution in [3.8, 4) is 28.4 Å². The number of pyridine rings is 1. The molecule has 0 saturated carbocycles. The van der Waals surface area contributed by atoms with Crippen LogP contribution in [0.15, 0.2) is 146 Å². The fourth-order valence-corrected chi connectivity index (χ4v) is 7.75. The summed E-state index contributed by atoms with van der Waals surface area (Å²) in [4.78, 5) is 5.00. The summed E-state index contributed by atoms with van der Waals surface area (Å²) in [5.74, 6) is 2.73. The first-order chi connectivity index (χ1) is 21.3. The fraction of sp³-hybridized carbons (Fsp3) is 0.0250. The van der Waals surface area contributed by atoms with Crippen LogP contribution in [0.1, 0.15) is 22.3 Å². The van der Waals surface area contributed by atoms with Gasteiger partial charge in [0.25, 0.3) is 0 Å². The second-order valence-electron chi connectivity index (χ2n) is 11.5. The van der Waals surface area contributed by atoms with Crippen LogP contribution in [0.25, 0.3) is 49.5 Å². The molecule has 0 saturated heterocycles. The molecule has 200 valence electrons. The van der Waals surface area contributed by atoms with E-state index >= 15 is 0 Å². The molecule has 0 N–H and O–H groups in total. The Balaban J connectivity index is 1.39. The van der Waals surface area contributed by atoms with Gasteiger partial charge in [-0.1, -0.05) is 103 Å². The number of ether oxygens (including phenoxy) is 1. The molecular formula is C40H24N2O. The number of fused-ring (bicyclic) bond motifs is 13. The van der Waals surface area contributed by atoms with Crippen molar-refractivity contribution in [3.63, 3.8) is 0 Å². The first-order valence-electron chi connectivity index (χ1n) is 14.7. The Kier molecular flexibility index (Phi) is 4.38. The van der Waals surface area contributed by atoms with E-state index in [0.29, 0.717) is 0 Å². The molecule has 1 aliphatic carbocycles. The highest BCUT2D eigenvalue weighted by molar-refractivity contribution is 6.12. The third-order valence-electron chi connectivity index (χ3n) is 9.48. The third-order valence-corrected chi connectivity index (χ3v) is 9.48. The van der Waals surface area contributed by atoms with Crippen molar-refractivity contribution in [2.75, 3.05) is 0 Å². The molecule has 0 fully saturated rings. The van der Waals surface area contributed by atoms with Gasteiger partial charge in [0.15, 0.2) is 0 Å². The van der Waals surface area contributed by atoms with E-state index in [4.69, 9.17) is 9.72 Å². The van der Waals surface area contributed by atoms with Crippen molar-refractivity contribution in [1.82, 2.24) is 9.55 Å². The van der Waals surface area contributed by atoms with E-state index in [1.54, 1.807) is 0 Å². The Morgan fingerprint density at radius 2 is 1.14 bits per heavy atom. The van der Waals surface area contributed by atoms with Crippen molar-refractivity contribution >= 4 is 32.6 Å².